The van der Waals surface area contributed by atoms with E-state index in [2.05, 4.69) is 10.3 Å². The van der Waals surface area contributed by atoms with Crippen molar-refractivity contribution in [3.8, 4) is 11.1 Å². The van der Waals surface area contributed by atoms with Crippen LogP contribution in [-0.4, -0.2) is 36.1 Å². The van der Waals surface area contributed by atoms with Crippen molar-refractivity contribution in [2.75, 3.05) is 14.2 Å². The molecular formula is C26H25N3O6S. The van der Waals surface area contributed by atoms with Crippen LogP contribution in [0, 0.1) is 16.0 Å². The molecule has 186 valence electrons. The lowest BCUT2D eigenvalue weighted by Gasteiger charge is -2.46. The zero-order valence-electron chi connectivity index (χ0n) is 20.2. The number of carbonyl (C=O) groups is 2. The van der Waals surface area contributed by atoms with Gasteiger partial charge in [0.05, 0.1) is 47.7 Å². The number of nitro benzene ring substituents is 1. The zero-order chi connectivity index (χ0) is 26.0. The molecule has 10 heteroatoms. The van der Waals surface area contributed by atoms with Crippen LogP contribution in [0.4, 0.5) is 5.69 Å². The third-order valence-corrected chi connectivity index (χ3v) is 7.35. The Kier molecular flexibility index (Phi) is 6.89. The summed E-state index contributed by atoms with van der Waals surface area (Å²) in [6.45, 7) is 3.77. The van der Waals surface area contributed by atoms with E-state index in [1.807, 2.05) is 49.6 Å². The molecule has 2 aliphatic carbocycles. The Morgan fingerprint density at radius 2 is 1.86 bits per heavy atom. The van der Waals surface area contributed by atoms with Crippen LogP contribution < -0.4 is 5.32 Å². The molecule has 0 radical (unpaired) electrons. The van der Waals surface area contributed by atoms with E-state index in [9.17, 15) is 19.7 Å². The van der Waals surface area contributed by atoms with Crippen LogP contribution in [0.15, 0.2) is 71.4 Å². The molecule has 0 bridgehead atoms. The quantitative estimate of drug-likeness (QED) is 0.237. The standard InChI is InChI=1S/C20H22N2O4S.C6H3NO2/c1-12-14(18(23)25-3)15(17-21-10-11-27-17)16(19(24)26-4)20(2,22-12)13-8-6-5-7-9-13;8-7(9)6-2-1-4-3-5(4)6/h5-11,15-16,22H,1-4H3;1-3H. The van der Waals surface area contributed by atoms with Gasteiger partial charge in [-0.25, -0.2) is 9.78 Å². The molecule has 3 aliphatic rings. The largest absolute Gasteiger partial charge is 0.469 e. The van der Waals surface area contributed by atoms with Crippen LogP contribution in [0.5, 0.6) is 0 Å². The number of fused-ring (bicyclic) bond motifs is 1. The Morgan fingerprint density at radius 3 is 2.33 bits per heavy atom. The maximum atomic E-state index is 13.0. The van der Waals surface area contributed by atoms with Gasteiger partial charge < -0.3 is 14.8 Å². The van der Waals surface area contributed by atoms with Crippen LogP contribution in [0.1, 0.15) is 30.3 Å². The summed E-state index contributed by atoms with van der Waals surface area (Å²) < 4.78 is 10.2. The van der Waals surface area contributed by atoms with Crippen molar-refractivity contribution in [2.24, 2.45) is 5.92 Å². The number of hydrogen-bond donors (Lipinski definition) is 1. The molecular weight excluding hydrogens is 482 g/mol. The van der Waals surface area contributed by atoms with Crippen LogP contribution in [0.3, 0.4) is 0 Å². The van der Waals surface area contributed by atoms with Gasteiger partial charge in [-0.05, 0) is 37.1 Å². The fourth-order valence-electron chi connectivity index (χ4n) is 4.74. The Balaban J connectivity index is 0.000000280. The maximum absolute atomic E-state index is 13.0. The Hall–Kier alpha value is -4.05. The first-order chi connectivity index (χ1) is 17.2. The van der Waals surface area contributed by atoms with E-state index >= 15 is 0 Å². The van der Waals surface area contributed by atoms with E-state index in [-0.39, 0.29) is 10.6 Å². The molecule has 0 fully saturated rings. The lowest BCUT2D eigenvalue weighted by Crippen LogP contribution is -2.55. The first kappa shape index (κ1) is 25.1. The number of rotatable bonds is 5. The van der Waals surface area contributed by atoms with Crippen LogP contribution in [0.25, 0.3) is 11.1 Å². The number of nitro groups is 1. The molecule has 9 nitrogen and oxygen atoms in total. The van der Waals surface area contributed by atoms with Gasteiger partial charge in [0, 0.05) is 23.3 Å². The number of carbonyl (C=O) groups excluding carboxylic acids is 2. The van der Waals surface area contributed by atoms with E-state index in [4.69, 9.17) is 9.47 Å². The minimum atomic E-state index is -0.785. The van der Waals surface area contributed by atoms with Gasteiger partial charge in [-0.1, -0.05) is 30.3 Å². The number of esters is 2. The monoisotopic (exact) mass is 507 g/mol. The van der Waals surface area contributed by atoms with Gasteiger partial charge in [0.25, 0.3) is 5.69 Å². The predicted octanol–water partition coefficient (Wildman–Crippen LogP) is 4.56. The highest BCUT2D eigenvalue weighted by Gasteiger charge is 2.53. The third kappa shape index (κ3) is 4.47. The second kappa shape index (κ2) is 9.90. The summed E-state index contributed by atoms with van der Waals surface area (Å²) in [5.41, 5.74) is 3.26. The second-order valence-electron chi connectivity index (χ2n) is 8.56. The number of aromatic nitrogens is 1. The maximum Gasteiger partial charge on any atom is 0.336 e. The molecule has 2 heterocycles. The molecule has 5 rings (SSSR count). The summed E-state index contributed by atoms with van der Waals surface area (Å²) in [5.74, 6) is -2.17. The van der Waals surface area contributed by atoms with E-state index in [0.29, 0.717) is 16.3 Å². The summed E-state index contributed by atoms with van der Waals surface area (Å²) in [7, 11) is 2.69. The summed E-state index contributed by atoms with van der Waals surface area (Å²) >= 11 is 1.40. The molecule has 0 spiro atoms. The van der Waals surface area contributed by atoms with Crippen LogP contribution in [0.2, 0.25) is 0 Å². The Bertz CT molecular complexity index is 1340. The molecule has 3 unspecified atom stereocenters. The highest BCUT2D eigenvalue weighted by molar-refractivity contribution is 7.09. The van der Waals surface area contributed by atoms with Crippen molar-refractivity contribution in [1.29, 1.82) is 0 Å². The third-order valence-electron chi connectivity index (χ3n) is 6.49. The number of ether oxygens (including phenoxy) is 2. The average Bonchev–Trinajstić information content (AvgIpc) is 3.24. The topological polar surface area (TPSA) is 121 Å². The molecule has 1 aliphatic heterocycles. The molecule has 1 aromatic heterocycles. The SMILES string of the molecule is COC(=O)C1=C(C)NC(C)(c2ccccc2)C(C(=O)OC)C1c1nccs1.O=[N+]([O-])c1ccc2cc1-2. The lowest BCUT2D eigenvalue weighted by atomic mass is 9.67. The number of benzene rings is 2. The normalized spacial score (nSPS) is 21.4. The van der Waals surface area contributed by atoms with E-state index in [1.54, 1.807) is 18.3 Å². The van der Waals surface area contributed by atoms with Gasteiger partial charge in [-0.15, -0.1) is 11.3 Å². The van der Waals surface area contributed by atoms with Crippen molar-refractivity contribution in [3.05, 3.63) is 92.1 Å². The minimum Gasteiger partial charge on any atom is -0.469 e. The van der Waals surface area contributed by atoms with Gasteiger partial charge in [-0.3, -0.25) is 14.9 Å². The smallest absolute Gasteiger partial charge is 0.336 e. The Morgan fingerprint density at radius 1 is 1.14 bits per heavy atom. The Labute approximate surface area is 211 Å². The van der Waals surface area contributed by atoms with Crippen LogP contribution in [-0.2, 0) is 24.6 Å². The number of nitrogens with zero attached hydrogens (tertiary/aromatic N) is 2. The molecule has 0 saturated heterocycles. The van der Waals surface area contributed by atoms with Gasteiger partial charge in [0.2, 0.25) is 0 Å². The van der Waals surface area contributed by atoms with Crippen molar-refractivity contribution < 1.29 is 24.0 Å². The summed E-state index contributed by atoms with van der Waals surface area (Å²) in [6, 6.07) is 14.8. The first-order valence-corrected chi connectivity index (χ1v) is 12.0. The average molecular weight is 508 g/mol. The number of thiazole rings is 1. The predicted molar refractivity (Wildman–Crippen MR) is 134 cm³/mol. The van der Waals surface area contributed by atoms with Crippen LogP contribution >= 0.6 is 11.3 Å². The lowest BCUT2D eigenvalue weighted by molar-refractivity contribution is -0.383. The fraction of sp³-hybridized carbons (Fsp3) is 0.269. The zero-order valence-corrected chi connectivity index (χ0v) is 21.0. The summed E-state index contributed by atoms with van der Waals surface area (Å²) in [4.78, 5) is 39.7. The van der Waals surface area contributed by atoms with Crippen molar-refractivity contribution in [3.63, 3.8) is 0 Å². The van der Waals surface area contributed by atoms with Gasteiger partial charge in [0.15, 0.2) is 0 Å². The molecule has 0 amide bonds. The van der Waals surface area contributed by atoms with Crippen molar-refractivity contribution in [2.45, 2.75) is 25.3 Å². The van der Waals surface area contributed by atoms with E-state index in [0.717, 1.165) is 16.7 Å². The van der Waals surface area contributed by atoms with Crippen molar-refractivity contribution in [1.82, 2.24) is 10.3 Å². The second-order valence-corrected chi connectivity index (χ2v) is 9.49. The first-order valence-electron chi connectivity index (χ1n) is 11.1. The number of nitrogens with one attached hydrogen (secondary N) is 1. The molecule has 1 aromatic carbocycles. The molecule has 36 heavy (non-hydrogen) atoms. The number of hydrogen-bond acceptors (Lipinski definition) is 9. The fourth-order valence-corrected chi connectivity index (χ4v) is 5.53. The molecule has 3 atom stereocenters. The van der Waals surface area contributed by atoms with E-state index in [1.165, 1.54) is 31.6 Å². The van der Waals surface area contributed by atoms with Gasteiger partial charge in [0.1, 0.15) is 5.01 Å². The summed E-state index contributed by atoms with van der Waals surface area (Å²) in [6.07, 6.45) is 1.67. The minimum absolute atomic E-state index is 0.241. The van der Waals surface area contributed by atoms with Gasteiger partial charge >= 0.3 is 11.9 Å². The van der Waals surface area contributed by atoms with E-state index < -0.39 is 29.3 Å². The highest BCUT2D eigenvalue weighted by Crippen LogP contribution is 2.49. The molecule has 0 saturated carbocycles. The summed E-state index contributed by atoms with van der Waals surface area (Å²) in [5, 5.41) is 16.0. The molecule has 1 N–H and O–H groups in total. The highest BCUT2D eigenvalue weighted by atomic mass is 32.1. The van der Waals surface area contributed by atoms with Crippen molar-refractivity contribution >= 4 is 29.0 Å². The van der Waals surface area contributed by atoms with Gasteiger partial charge in [-0.2, -0.15) is 0 Å². The number of methoxy groups -OCH3 is 2. The molecule has 2 aromatic rings. The number of allylic oxidation sites excluding steroid dienone is 1.